The summed E-state index contributed by atoms with van der Waals surface area (Å²) >= 11 is 0. The van der Waals surface area contributed by atoms with Crippen molar-refractivity contribution in [3.05, 3.63) is 53.1 Å². The summed E-state index contributed by atoms with van der Waals surface area (Å²) in [5.74, 6) is 1.29. The van der Waals surface area contributed by atoms with Gasteiger partial charge in [0.1, 0.15) is 0 Å². The Morgan fingerprint density at radius 2 is 1.94 bits per heavy atom. The minimum atomic E-state index is -0.0864. The highest BCUT2D eigenvalue weighted by molar-refractivity contribution is 5.96. The summed E-state index contributed by atoms with van der Waals surface area (Å²) in [6.07, 6.45) is 4.14. The van der Waals surface area contributed by atoms with Crippen molar-refractivity contribution in [2.24, 2.45) is 0 Å². The first-order valence-corrected chi connectivity index (χ1v) is 10.9. The molecule has 1 atom stereocenters. The second kappa shape index (κ2) is 10.3. The number of amides is 2. The van der Waals surface area contributed by atoms with Crippen LogP contribution in [0.1, 0.15) is 54.1 Å². The molecule has 1 heterocycles. The average Bonchev–Trinajstić information content (AvgIpc) is 2.78. The van der Waals surface area contributed by atoms with Crippen molar-refractivity contribution >= 4 is 17.5 Å². The molecule has 0 aromatic heterocycles. The minimum Gasteiger partial charge on any atom is -0.493 e. The van der Waals surface area contributed by atoms with E-state index in [1.54, 1.807) is 20.3 Å². The standard InChI is InChI=1S/C25H32N2O4/c1-17-16-20(25(29)27-15-6-5-8-18(27)2)11-13-21(17)26-23(28)14-12-19-9-7-10-22(30-3)24(19)31-4/h7,9-11,13,16,18H,5-6,8,12,14-15H2,1-4H3,(H,26,28). The van der Waals surface area contributed by atoms with Crippen molar-refractivity contribution in [1.82, 2.24) is 4.90 Å². The number of aryl methyl sites for hydroxylation is 2. The van der Waals surface area contributed by atoms with Crippen molar-refractivity contribution in [3.63, 3.8) is 0 Å². The maximum absolute atomic E-state index is 12.9. The Bertz CT molecular complexity index is 941. The van der Waals surface area contributed by atoms with Gasteiger partial charge in [-0.2, -0.15) is 0 Å². The topological polar surface area (TPSA) is 67.9 Å². The summed E-state index contributed by atoms with van der Waals surface area (Å²) in [5.41, 5.74) is 3.20. The number of hydrogen-bond donors (Lipinski definition) is 1. The highest BCUT2D eigenvalue weighted by Gasteiger charge is 2.24. The number of anilines is 1. The predicted molar refractivity (Wildman–Crippen MR) is 122 cm³/mol. The molecule has 1 aliphatic heterocycles. The van der Waals surface area contributed by atoms with Crippen LogP contribution in [0.2, 0.25) is 0 Å². The summed E-state index contributed by atoms with van der Waals surface area (Å²) < 4.78 is 10.8. The lowest BCUT2D eigenvalue weighted by Gasteiger charge is -2.33. The summed E-state index contributed by atoms with van der Waals surface area (Å²) in [6, 6.07) is 11.4. The molecule has 2 amide bonds. The van der Waals surface area contributed by atoms with Gasteiger partial charge in [0.05, 0.1) is 14.2 Å². The van der Waals surface area contributed by atoms with Crippen molar-refractivity contribution in [2.45, 2.75) is 52.0 Å². The van der Waals surface area contributed by atoms with E-state index in [4.69, 9.17) is 9.47 Å². The van der Waals surface area contributed by atoms with E-state index < -0.39 is 0 Å². The fourth-order valence-corrected chi connectivity index (χ4v) is 4.11. The molecule has 2 aromatic rings. The van der Waals surface area contributed by atoms with Crippen LogP contribution in [-0.4, -0.2) is 43.5 Å². The van der Waals surface area contributed by atoms with E-state index in [1.165, 1.54) is 6.42 Å². The van der Waals surface area contributed by atoms with E-state index in [9.17, 15) is 9.59 Å². The highest BCUT2D eigenvalue weighted by Crippen LogP contribution is 2.31. The van der Waals surface area contributed by atoms with E-state index in [1.807, 2.05) is 42.2 Å². The molecular formula is C25H32N2O4. The number of likely N-dealkylation sites (tertiary alicyclic amines) is 1. The SMILES string of the molecule is COc1cccc(CCC(=O)Nc2ccc(C(=O)N3CCCCC3C)cc2C)c1OC. The first-order chi connectivity index (χ1) is 14.9. The third-order valence-electron chi connectivity index (χ3n) is 5.92. The first-order valence-electron chi connectivity index (χ1n) is 10.9. The Labute approximate surface area is 184 Å². The summed E-state index contributed by atoms with van der Waals surface area (Å²) in [7, 11) is 3.19. The van der Waals surface area contributed by atoms with Gasteiger partial charge in [0.15, 0.2) is 11.5 Å². The number of ether oxygens (including phenoxy) is 2. The van der Waals surface area contributed by atoms with Gasteiger partial charge in [0.25, 0.3) is 5.91 Å². The van der Waals surface area contributed by atoms with Crippen LogP contribution in [0, 0.1) is 6.92 Å². The van der Waals surface area contributed by atoms with E-state index in [2.05, 4.69) is 12.2 Å². The number of methoxy groups -OCH3 is 2. The molecule has 1 N–H and O–H groups in total. The van der Waals surface area contributed by atoms with E-state index in [0.29, 0.717) is 29.9 Å². The molecule has 0 radical (unpaired) electrons. The number of benzene rings is 2. The molecule has 6 nitrogen and oxygen atoms in total. The molecule has 0 aliphatic carbocycles. The number of para-hydroxylation sites is 1. The van der Waals surface area contributed by atoms with Crippen molar-refractivity contribution in [1.29, 1.82) is 0 Å². The third kappa shape index (κ3) is 5.37. The van der Waals surface area contributed by atoms with Crippen LogP contribution in [-0.2, 0) is 11.2 Å². The van der Waals surface area contributed by atoms with E-state index in [0.717, 1.165) is 36.2 Å². The molecule has 1 aliphatic rings. The zero-order valence-corrected chi connectivity index (χ0v) is 18.9. The van der Waals surface area contributed by atoms with Crippen LogP contribution in [0.25, 0.3) is 0 Å². The molecule has 0 spiro atoms. The highest BCUT2D eigenvalue weighted by atomic mass is 16.5. The van der Waals surface area contributed by atoms with Crippen molar-refractivity contribution in [2.75, 3.05) is 26.1 Å². The summed E-state index contributed by atoms with van der Waals surface area (Å²) in [6.45, 7) is 4.83. The minimum absolute atomic E-state index is 0.0679. The van der Waals surface area contributed by atoms with Gasteiger partial charge in [-0.15, -0.1) is 0 Å². The van der Waals surface area contributed by atoms with Crippen molar-refractivity contribution in [3.8, 4) is 11.5 Å². The summed E-state index contributed by atoms with van der Waals surface area (Å²) in [5, 5.41) is 2.97. The van der Waals surface area contributed by atoms with Gasteiger partial charge in [-0.05, 0) is 74.9 Å². The molecule has 1 unspecified atom stereocenters. The van der Waals surface area contributed by atoms with Gasteiger partial charge in [0, 0.05) is 30.3 Å². The quantitative estimate of drug-likeness (QED) is 0.705. The lowest BCUT2D eigenvalue weighted by atomic mass is 10.0. The zero-order valence-electron chi connectivity index (χ0n) is 18.9. The van der Waals surface area contributed by atoms with E-state index in [-0.39, 0.29) is 17.9 Å². The molecule has 31 heavy (non-hydrogen) atoms. The number of rotatable bonds is 7. The molecule has 1 saturated heterocycles. The lowest BCUT2D eigenvalue weighted by Crippen LogP contribution is -2.42. The predicted octanol–water partition coefficient (Wildman–Crippen LogP) is 4.60. The number of piperidine rings is 1. The number of hydrogen-bond acceptors (Lipinski definition) is 4. The Morgan fingerprint density at radius 3 is 2.61 bits per heavy atom. The van der Waals surface area contributed by atoms with Gasteiger partial charge < -0.3 is 19.7 Å². The van der Waals surface area contributed by atoms with Gasteiger partial charge in [-0.3, -0.25) is 9.59 Å². The number of carbonyl (C=O) groups excluding carboxylic acids is 2. The van der Waals surface area contributed by atoms with Crippen LogP contribution in [0.15, 0.2) is 36.4 Å². The molecule has 1 fully saturated rings. The molecular weight excluding hydrogens is 392 g/mol. The maximum Gasteiger partial charge on any atom is 0.254 e. The Hall–Kier alpha value is -3.02. The normalized spacial score (nSPS) is 16.0. The monoisotopic (exact) mass is 424 g/mol. The maximum atomic E-state index is 12.9. The fraction of sp³-hybridized carbons (Fsp3) is 0.440. The Kier molecular flexibility index (Phi) is 7.55. The average molecular weight is 425 g/mol. The number of carbonyl (C=O) groups is 2. The van der Waals surface area contributed by atoms with Gasteiger partial charge in [-0.25, -0.2) is 0 Å². The molecule has 0 bridgehead atoms. The molecule has 166 valence electrons. The van der Waals surface area contributed by atoms with Gasteiger partial charge in [-0.1, -0.05) is 12.1 Å². The lowest BCUT2D eigenvalue weighted by molar-refractivity contribution is -0.116. The second-order valence-corrected chi connectivity index (χ2v) is 8.07. The number of nitrogens with zero attached hydrogens (tertiary/aromatic N) is 1. The fourth-order valence-electron chi connectivity index (χ4n) is 4.11. The van der Waals surface area contributed by atoms with Crippen LogP contribution in [0.3, 0.4) is 0 Å². The molecule has 6 heteroatoms. The van der Waals surface area contributed by atoms with Crippen LogP contribution >= 0.6 is 0 Å². The van der Waals surface area contributed by atoms with Crippen LogP contribution in [0.4, 0.5) is 5.69 Å². The molecule has 2 aromatic carbocycles. The Morgan fingerprint density at radius 1 is 1.13 bits per heavy atom. The first kappa shape index (κ1) is 22.7. The smallest absolute Gasteiger partial charge is 0.254 e. The van der Waals surface area contributed by atoms with Gasteiger partial charge in [0.2, 0.25) is 5.91 Å². The third-order valence-corrected chi connectivity index (χ3v) is 5.92. The summed E-state index contributed by atoms with van der Waals surface area (Å²) in [4.78, 5) is 27.4. The van der Waals surface area contributed by atoms with Crippen molar-refractivity contribution < 1.29 is 19.1 Å². The number of nitrogens with one attached hydrogen (secondary N) is 1. The molecule has 0 saturated carbocycles. The van der Waals surface area contributed by atoms with Crippen LogP contribution in [0.5, 0.6) is 11.5 Å². The molecule has 3 rings (SSSR count). The second-order valence-electron chi connectivity index (χ2n) is 8.07. The van der Waals surface area contributed by atoms with Crippen LogP contribution < -0.4 is 14.8 Å². The largest absolute Gasteiger partial charge is 0.493 e. The Balaban J connectivity index is 1.63. The van der Waals surface area contributed by atoms with Gasteiger partial charge >= 0.3 is 0 Å². The zero-order chi connectivity index (χ0) is 22.4. The van der Waals surface area contributed by atoms with E-state index >= 15 is 0 Å².